The highest BCUT2D eigenvalue weighted by molar-refractivity contribution is 14.1. The fourth-order valence-electron chi connectivity index (χ4n) is 3.63. The van der Waals surface area contributed by atoms with Crippen LogP contribution in [-0.4, -0.2) is 52.2 Å². The van der Waals surface area contributed by atoms with Crippen molar-refractivity contribution in [1.82, 2.24) is 24.8 Å². The number of amides is 1. The van der Waals surface area contributed by atoms with E-state index in [1.54, 1.807) is 11.9 Å². The van der Waals surface area contributed by atoms with E-state index in [0.29, 0.717) is 48.2 Å². The first-order chi connectivity index (χ1) is 15.2. The molecule has 1 aromatic carbocycles. The number of rotatable bonds is 7. The van der Waals surface area contributed by atoms with Gasteiger partial charge in [0.25, 0.3) is 5.91 Å². The molecule has 32 heavy (non-hydrogen) atoms. The maximum absolute atomic E-state index is 13.9. The second kappa shape index (κ2) is 9.14. The molecule has 0 atom stereocenters. The van der Waals surface area contributed by atoms with Gasteiger partial charge in [0.15, 0.2) is 23.6 Å². The fourth-order valence-corrected chi connectivity index (χ4v) is 4.27. The van der Waals surface area contributed by atoms with Crippen LogP contribution in [0.1, 0.15) is 25.2 Å². The summed E-state index contributed by atoms with van der Waals surface area (Å²) in [7, 11) is 1.74. The second-order valence-electron chi connectivity index (χ2n) is 8.16. The molecule has 0 bridgehead atoms. The van der Waals surface area contributed by atoms with Crippen LogP contribution in [0.3, 0.4) is 0 Å². The zero-order valence-corrected chi connectivity index (χ0v) is 20.3. The number of carbonyl (C=O) groups excluding carboxylic acids is 1. The Morgan fingerprint density at radius 1 is 1.31 bits per heavy atom. The summed E-state index contributed by atoms with van der Waals surface area (Å²) in [4.78, 5) is 25.8. The number of benzene rings is 1. The van der Waals surface area contributed by atoms with Crippen molar-refractivity contribution in [1.29, 1.82) is 0 Å². The third-order valence-corrected chi connectivity index (χ3v) is 6.31. The van der Waals surface area contributed by atoms with Crippen molar-refractivity contribution >= 4 is 51.2 Å². The summed E-state index contributed by atoms with van der Waals surface area (Å²) in [5, 5.41) is 3.39. The van der Waals surface area contributed by atoms with E-state index < -0.39 is 6.08 Å². The Hall–Kier alpha value is -2.54. The van der Waals surface area contributed by atoms with Gasteiger partial charge in [0.1, 0.15) is 11.6 Å². The van der Waals surface area contributed by atoms with Gasteiger partial charge in [-0.2, -0.15) is 14.4 Å². The van der Waals surface area contributed by atoms with Gasteiger partial charge in [0, 0.05) is 30.1 Å². The molecule has 1 aliphatic rings. The van der Waals surface area contributed by atoms with Crippen molar-refractivity contribution in [3.8, 4) is 5.75 Å². The van der Waals surface area contributed by atoms with Crippen molar-refractivity contribution in [3.63, 3.8) is 0 Å². The first kappa shape index (κ1) is 22.6. The zero-order valence-electron chi connectivity index (χ0n) is 18.2. The number of fused-ring (bicyclic) bond motifs is 2. The van der Waals surface area contributed by atoms with Crippen molar-refractivity contribution in [2.75, 3.05) is 37.4 Å². The monoisotopic (exact) mass is 553 g/mol. The minimum Gasteiger partial charge on any atom is -0.482 e. The van der Waals surface area contributed by atoms with Gasteiger partial charge in [-0.1, -0.05) is 13.8 Å². The van der Waals surface area contributed by atoms with Gasteiger partial charge in [0.2, 0.25) is 0 Å². The molecule has 3 heterocycles. The van der Waals surface area contributed by atoms with Crippen LogP contribution in [0.15, 0.2) is 12.1 Å². The van der Waals surface area contributed by atoms with E-state index in [-0.39, 0.29) is 18.3 Å². The first-order valence-electron chi connectivity index (χ1n) is 10.3. The Morgan fingerprint density at radius 3 is 2.84 bits per heavy atom. The standard InChI is InChI=1S/C21H25FIN7O2/c1-11(2)9-25-4-5-30-16(26-18-19(24)27-21(22)28-20(18)30)7-12-6-15-14(8-13(12)23)29(3)17(31)10-32-15/h6,8,11,25H,4-5,7,9-10H2,1-3H3,(H2,24,27,28). The number of nitrogen functional groups attached to an aromatic ring is 1. The van der Waals surface area contributed by atoms with Gasteiger partial charge in [0.05, 0.1) is 5.69 Å². The first-order valence-corrected chi connectivity index (χ1v) is 11.4. The van der Waals surface area contributed by atoms with Crippen molar-refractivity contribution in [2.45, 2.75) is 26.8 Å². The van der Waals surface area contributed by atoms with Gasteiger partial charge in [-0.3, -0.25) is 4.79 Å². The molecule has 3 aromatic rings. The largest absolute Gasteiger partial charge is 0.482 e. The van der Waals surface area contributed by atoms with E-state index in [0.717, 1.165) is 21.4 Å². The Labute approximate surface area is 198 Å². The van der Waals surface area contributed by atoms with Crippen molar-refractivity contribution in [3.05, 3.63) is 33.2 Å². The zero-order chi connectivity index (χ0) is 23.0. The molecular weight excluding hydrogens is 528 g/mol. The minimum absolute atomic E-state index is 0.00889. The predicted molar refractivity (Wildman–Crippen MR) is 128 cm³/mol. The average Bonchev–Trinajstić information content (AvgIpc) is 3.07. The van der Waals surface area contributed by atoms with Gasteiger partial charge in [-0.25, -0.2) is 4.98 Å². The number of nitrogens with two attached hydrogens (primary N) is 1. The van der Waals surface area contributed by atoms with Crippen LogP contribution < -0.4 is 20.7 Å². The Bertz CT molecular complexity index is 1180. The predicted octanol–water partition coefficient (Wildman–Crippen LogP) is 2.34. The summed E-state index contributed by atoms with van der Waals surface area (Å²) in [6.07, 6.45) is -0.406. The van der Waals surface area contributed by atoms with Gasteiger partial charge < -0.3 is 25.3 Å². The van der Waals surface area contributed by atoms with E-state index in [9.17, 15) is 9.18 Å². The van der Waals surface area contributed by atoms with Crippen LogP contribution >= 0.6 is 22.6 Å². The SMILES string of the molecule is CC(C)CNCCn1c(Cc2cc3c(cc2I)N(C)C(=O)CO3)nc2c(N)nc(F)nc21. The number of aromatic nitrogens is 4. The molecule has 1 aliphatic heterocycles. The maximum Gasteiger partial charge on any atom is 0.312 e. The molecule has 0 saturated carbocycles. The van der Waals surface area contributed by atoms with Crippen LogP contribution in [0.25, 0.3) is 11.2 Å². The number of nitrogens with one attached hydrogen (secondary N) is 1. The number of halogens is 2. The van der Waals surface area contributed by atoms with E-state index in [2.05, 4.69) is 56.7 Å². The van der Waals surface area contributed by atoms with Crippen molar-refractivity contribution in [2.24, 2.45) is 5.92 Å². The van der Waals surface area contributed by atoms with Crippen LogP contribution in [0.5, 0.6) is 5.75 Å². The lowest BCUT2D eigenvalue weighted by Crippen LogP contribution is -2.35. The molecule has 9 nitrogen and oxygen atoms in total. The molecule has 0 unspecified atom stereocenters. The number of imidazole rings is 1. The Kier molecular flexibility index (Phi) is 6.47. The summed E-state index contributed by atoms with van der Waals surface area (Å²) in [5.41, 5.74) is 8.42. The number of ether oxygens (including phenoxy) is 1. The minimum atomic E-state index is -0.873. The lowest BCUT2D eigenvalue weighted by Gasteiger charge is -2.27. The molecule has 11 heteroatoms. The number of carbonyl (C=O) groups is 1. The number of hydrogen-bond acceptors (Lipinski definition) is 7. The normalized spacial score (nSPS) is 13.7. The highest BCUT2D eigenvalue weighted by Gasteiger charge is 2.25. The van der Waals surface area contributed by atoms with E-state index in [4.69, 9.17) is 10.5 Å². The van der Waals surface area contributed by atoms with Gasteiger partial charge >= 0.3 is 6.08 Å². The van der Waals surface area contributed by atoms with Gasteiger partial charge in [-0.05, 0) is 52.7 Å². The molecule has 1 amide bonds. The number of nitrogens with zero attached hydrogens (tertiary/aromatic N) is 5. The van der Waals surface area contributed by atoms with E-state index >= 15 is 0 Å². The highest BCUT2D eigenvalue weighted by atomic mass is 127. The smallest absolute Gasteiger partial charge is 0.312 e. The molecule has 0 fully saturated rings. The Balaban J connectivity index is 1.70. The Morgan fingerprint density at radius 2 is 2.09 bits per heavy atom. The number of likely N-dealkylation sites (N-methyl/N-ethyl adjacent to an activating group) is 1. The van der Waals surface area contributed by atoms with Crippen molar-refractivity contribution < 1.29 is 13.9 Å². The molecule has 3 N–H and O–H groups in total. The van der Waals surface area contributed by atoms with Gasteiger partial charge in [-0.15, -0.1) is 0 Å². The average molecular weight is 553 g/mol. The maximum atomic E-state index is 13.9. The van der Waals surface area contributed by atoms with Crippen LogP contribution in [-0.2, 0) is 17.8 Å². The summed E-state index contributed by atoms with van der Waals surface area (Å²) in [6.45, 7) is 6.40. The molecule has 0 aliphatic carbocycles. The van der Waals surface area contributed by atoms with Crippen LogP contribution in [0.4, 0.5) is 15.9 Å². The third-order valence-electron chi connectivity index (χ3n) is 5.30. The number of anilines is 2. The fraction of sp³-hybridized carbons (Fsp3) is 0.429. The molecule has 0 saturated heterocycles. The van der Waals surface area contributed by atoms with E-state index in [1.165, 1.54) is 0 Å². The molecule has 0 spiro atoms. The second-order valence-corrected chi connectivity index (χ2v) is 9.32. The number of hydrogen-bond donors (Lipinski definition) is 2. The topological polar surface area (TPSA) is 111 Å². The summed E-state index contributed by atoms with van der Waals surface area (Å²) < 4.78 is 22.4. The molecule has 2 aromatic heterocycles. The van der Waals surface area contributed by atoms with Crippen LogP contribution in [0, 0.1) is 15.6 Å². The third kappa shape index (κ3) is 4.49. The lowest BCUT2D eigenvalue weighted by molar-refractivity contribution is -0.120. The summed E-state index contributed by atoms with van der Waals surface area (Å²) in [5.74, 6) is 1.80. The molecule has 170 valence electrons. The van der Waals surface area contributed by atoms with E-state index in [1.807, 2.05) is 16.7 Å². The molecule has 4 rings (SSSR count). The summed E-state index contributed by atoms with van der Waals surface area (Å²) >= 11 is 2.24. The molecular formula is C21H25FIN7O2. The summed E-state index contributed by atoms with van der Waals surface area (Å²) in [6, 6.07) is 3.85. The van der Waals surface area contributed by atoms with Crippen LogP contribution in [0.2, 0.25) is 0 Å². The quantitative estimate of drug-likeness (QED) is 0.263. The molecule has 0 radical (unpaired) electrons. The highest BCUT2D eigenvalue weighted by Crippen LogP contribution is 2.35. The lowest BCUT2D eigenvalue weighted by atomic mass is 10.1.